The summed E-state index contributed by atoms with van der Waals surface area (Å²) in [6.07, 6.45) is 2.32. The second-order valence-corrected chi connectivity index (χ2v) is 10.5. The molecule has 10 heteroatoms. The number of hydrogen-bond donors (Lipinski definition) is 5. The van der Waals surface area contributed by atoms with E-state index in [9.17, 15) is 20.4 Å². The Labute approximate surface area is 243 Å². The Morgan fingerprint density at radius 3 is 2.46 bits per heavy atom. The molecule has 2 aromatic carbocycles. The fourth-order valence-electron chi connectivity index (χ4n) is 5.45. The van der Waals surface area contributed by atoms with E-state index < -0.39 is 12.2 Å². The molecule has 3 rings (SSSR count). The third-order valence-electron chi connectivity index (χ3n) is 7.63. The van der Waals surface area contributed by atoms with Crippen LogP contribution in [0.25, 0.3) is 0 Å². The van der Waals surface area contributed by atoms with E-state index in [1.54, 1.807) is 31.4 Å². The number of nitrogens with one attached hydrogen (secondary N) is 1. The van der Waals surface area contributed by atoms with Gasteiger partial charge in [-0.3, -0.25) is 0 Å². The zero-order chi connectivity index (χ0) is 29.8. The monoisotopic (exact) mass is 577 g/mol. The first kappa shape index (κ1) is 32.8. The van der Waals surface area contributed by atoms with Crippen LogP contribution in [0.15, 0.2) is 30.3 Å². The highest BCUT2D eigenvalue weighted by Crippen LogP contribution is 2.45. The van der Waals surface area contributed by atoms with Crippen LogP contribution in [0.4, 0.5) is 0 Å². The van der Waals surface area contributed by atoms with E-state index in [2.05, 4.69) is 5.32 Å². The summed E-state index contributed by atoms with van der Waals surface area (Å²) in [4.78, 5) is 0. The van der Waals surface area contributed by atoms with Crippen LogP contribution < -0.4 is 19.5 Å². The Morgan fingerprint density at radius 1 is 1.02 bits per heavy atom. The fraction of sp³-hybridized carbons (Fsp3) is 0.613. The van der Waals surface area contributed by atoms with E-state index in [1.807, 2.05) is 13.0 Å². The normalized spacial score (nSPS) is 21.4. The first-order valence-electron chi connectivity index (χ1n) is 14.4. The van der Waals surface area contributed by atoms with Gasteiger partial charge in [0.1, 0.15) is 6.61 Å². The molecular formula is C31H47NO9. The van der Waals surface area contributed by atoms with Crippen LogP contribution in [-0.2, 0) is 15.9 Å². The van der Waals surface area contributed by atoms with Crippen LogP contribution in [0.1, 0.15) is 56.3 Å². The maximum absolute atomic E-state index is 11.1. The molecule has 10 nitrogen and oxygen atoms in total. The maximum atomic E-state index is 11.1. The average Bonchev–Trinajstić information content (AvgIpc) is 2.97. The number of phenolic OH excluding ortho intramolecular Hbond substituents is 2. The Hall–Kier alpha value is -2.76. The third kappa shape index (κ3) is 9.11. The van der Waals surface area contributed by atoms with Crippen LogP contribution >= 0.6 is 0 Å². The van der Waals surface area contributed by atoms with E-state index in [0.717, 1.165) is 24.9 Å². The molecule has 0 amide bonds. The Balaban J connectivity index is 1.81. The van der Waals surface area contributed by atoms with Crippen molar-refractivity contribution in [2.45, 2.75) is 69.8 Å². The molecule has 41 heavy (non-hydrogen) atoms. The smallest absolute Gasteiger partial charge is 0.200 e. The molecular weight excluding hydrogens is 530 g/mol. The number of aliphatic hydroxyl groups is 2. The van der Waals surface area contributed by atoms with E-state index in [4.69, 9.17) is 23.7 Å². The number of ether oxygens (including phenoxy) is 5. The topological polar surface area (TPSA) is 139 Å². The summed E-state index contributed by atoms with van der Waals surface area (Å²) < 4.78 is 28.6. The molecule has 1 aliphatic rings. The second-order valence-electron chi connectivity index (χ2n) is 10.5. The fourth-order valence-corrected chi connectivity index (χ4v) is 5.45. The van der Waals surface area contributed by atoms with Gasteiger partial charge in [-0.15, -0.1) is 0 Å². The molecule has 1 heterocycles. The summed E-state index contributed by atoms with van der Waals surface area (Å²) in [5.74, 6) is 0.557. The van der Waals surface area contributed by atoms with Crippen molar-refractivity contribution < 1.29 is 44.1 Å². The molecule has 0 radical (unpaired) electrons. The Kier molecular flexibility index (Phi) is 13.3. The number of phenols is 2. The molecule has 0 aliphatic carbocycles. The van der Waals surface area contributed by atoms with Crippen molar-refractivity contribution in [2.24, 2.45) is 5.92 Å². The molecule has 5 N–H and O–H groups in total. The van der Waals surface area contributed by atoms with Crippen molar-refractivity contribution in [3.63, 3.8) is 0 Å². The average molecular weight is 578 g/mol. The highest BCUT2D eigenvalue weighted by molar-refractivity contribution is 5.53. The van der Waals surface area contributed by atoms with Gasteiger partial charge in [-0.25, -0.2) is 0 Å². The third-order valence-corrected chi connectivity index (χ3v) is 7.63. The Bertz CT molecular complexity index is 1070. The molecule has 1 fully saturated rings. The molecule has 2 aromatic rings. The highest BCUT2D eigenvalue weighted by atomic mass is 16.5. The second kappa shape index (κ2) is 16.6. The van der Waals surface area contributed by atoms with Gasteiger partial charge in [0, 0.05) is 32.3 Å². The number of methoxy groups -OCH3 is 3. The minimum atomic E-state index is -0.691. The largest absolute Gasteiger partial charge is 0.504 e. The highest BCUT2D eigenvalue weighted by Gasteiger charge is 2.39. The summed E-state index contributed by atoms with van der Waals surface area (Å²) in [6, 6.07) is 8.76. The van der Waals surface area contributed by atoms with Gasteiger partial charge in [-0.05, 0) is 80.5 Å². The van der Waals surface area contributed by atoms with Gasteiger partial charge in [-0.2, -0.15) is 0 Å². The molecule has 0 spiro atoms. The number of likely N-dealkylation sites (N-methyl/N-ethyl adjacent to an activating group) is 1. The van der Waals surface area contributed by atoms with Crippen molar-refractivity contribution in [3.8, 4) is 28.7 Å². The zero-order valence-corrected chi connectivity index (χ0v) is 24.7. The predicted octanol–water partition coefficient (Wildman–Crippen LogP) is 3.72. The number of rotatable bonds is 17. The van der Waals surface area contributed by atoms with Crippen LogP contribution in [0.5, 0.6) is 28.7 Å². The van der Waals surface area contributed by atoms with Gasteiger partial charge in [0.15, 0.2) is 23.0 Å². The van der Waals surface area contributed by atoms with Gasteiger partial charge in [0.2, 0.25) is 5.75 Å². The lowest BCUT2D eigenvalue weighted by Gasteiger charge is -2.40. The van der Waals surface area contributed by atoms with E-state index in [1.165, 1.54) is 14.2 Å². The number of benzene rings is 2. The number of hydrogen-bond acceptors (Lipinski definition) is 10. The molecule has 0 unspecified atom stereocenters. The van der Waals surface area contributed by atoms with Crippen LogP contribution in [-0.4, -0.2) is 86.4 Å². The van der Waals surface area contributed by atoms with Crippen molar-refractivity contribution in [2.75, 3.05) is 47.7 Å². The molecule has 1 saturated heterocycles. The quantitative estimate of drug-likeness (QED) is 0.177. The van der Waals surface area contributed by atoms with Gasteiger partial charge in [0.05, 0.1) is 32.5 Å². The molecule has 1 aliphatic heterocycles. The summed E-state index contributed by atoms with van der Waals surface area (Å²) in [6.45, 7) is 3.72. The van der Waals surface area contributed by atoms with E-state index >= 15 is 0 Å². The van der Waals surface area contributed by atoms with Crippen molar-refractivity contribution in [1.29, 1.82) is 0 Å². The number of aliphatic hydroxyl groups excluding tert-OH is 2. The van der Waals surface area contributed by atoms with Crippen LogP contribution in [0.3, 0.4) is 0 Å². The molecule has 5 atom stereocenters. The summed E-state index contributed by atoms with van der Waals surface area (Å²) >= 11 is 0. The molecule has 0 saturated carbocycles. The minimum absolute atomic E-state index is 0.0713. The van der Waals surface area contributed by atoms with Crippen molar-refractivity contribution >= 4 is 0 Å². The summed E-state index contributed by atoms with van der Waals surface area (Å²) in [7, 11) is 4.67. The van der Waals surface area contributed by atoms with Gasteiger partial charge in [0.25, 0.3) is 0 Å². The SMILES string of the molecule is CCN[C@H](CCCOC)COc1cc([C@H]2O[C@@H](CCc3ccc(O)c(OC)c3)C[C@H](O)[C@@H]2CCO)cc(OC)c1O. The number of aromatic hydroxyl groups is 2. The molecule has 0 bridgehead atoms. The van der Waals surface area contributed by atoms with Gasteiger partial charge >= 0.3 is 0 Å². The first-order chi connectivity index (χ1) is 19.8. The Morgan fingerprint density at radius 2 is 1.78 bits per heavy atom. The lowest BCUT2D eigenvalue weighted by atomic mass is 9.82. The standard InChI is InChI=1S/C31H47NO9/c1-5-32-22(7-6-14-37-2)19-40-29-17-21(16-28(39-4)30(29)36)31-24(12-13-33)26(35)18-23(41-31)10-8-20-9-11-25(34)27(15-20)38-3/h9,11,15-17,22-24,26,31-36H,5-8,10,12-14,18-19H2,1-4H3/t22-,23+,24+,26+,31-/m1/s1. The van der Waals surface area contributed by atoms with Crippen molar-refractivity contribution in [1.82, 2.24) is 5.32 Å². The van der Waals surface area contributed by atoms with Crippen LogP contribution in [0.2, 0.25) is 0 Å². The van der Waals surface area contributed by atoms with E-state index in [-0.39, 0.29) is 47.7 Å². The lowest BCUT2D eigenvalue weighted by Crippen LogP contribution is -2.40. The lowest BCUT2D eigenvalue weighted by molar-refractivity contribution is -0.144. The van der Waals surface area contributed by atoms with Gasteiger partial charge in [-0.1, -0.05) is 13.0 Å². The predicted molar refractivity (Wildman–Crippen MR) is 155 cm³/mol. The van der Waals surface area contributed by atoms with E-state index in [0.29, 0.717) is 50.2 Å². The van der Waals surface area contributed by atoms with Crippen LogP contribution in [0, 0.1) is 5.92 Å². The molecule has 0 aromatic heterocycles. The first-order valence-corrected chi connectivity index (χ1v) is 14.4. The summed E-state index contributed by atoms with van der Waals surface area (Å²) in [5.41, 5.74) is 1.68. The van der Waals surface area contributed by atoms with Gasteiger partial charge < -0.3 is 49.4 Å². The number of aryl methyl sites for hydroxylation is 1. The molecule has 230 valence electrons. The zero-order valence-electron chi connectivity index (χ0n) is 24.7. The van der Waals surface area contributed by atoms with Crippen molar-refractivity contribution in [3.05, 3.63) is 41.5 Å². The minimum Gasteiger partial charge on any atom is -0.504 e. The summed E-state index contributed by atoms with van der Waals surface area (Å²) in [5, 5.41) is 45.1. The maximum Gasteiger partial charge on any atom is 0.200 e.